The first-order chi connectivity index (χ1) is 22.6. The van der Waals surface area contributed by atoms with Gasteiger partial charge in [0, 0.05) is 6.54 Å². The molecule has 0 aromatic heterocycles. The Morgan fingerprint density at radius 3 is 2.54 bits per heavy atom. The number of amides is 2. The number of guanidine groups is 1. The van der Waals surface area contributed by atoms with Gasteiger partial charge in [-0.15, -0.1) is 11.6 Å². The summed E-state index contributed by atoms with van der Waals surface area (Å²) >= 11 is 5.44. The van der Waals surface area contributed by atoms with Crippen molar-refractivity contribution in [2.45, 2.75) is 89.2 Å². The summed E-state index contributed by atoms with van der Waals surface area (Å²) in [6.45, 7) is 3.79. The third kappa shape index (κ3) is 11.1. The highest BCUT2D eigenvalue weighted by Crippen LogP contribution is 2.61. The van der Waals surface area contributed by atoms with Crippen LogP contribution >= 0.6 is 27.2 Å². The van der Waals surface area contributed by atoms with E-state index in [1.807, 2.05) is 13.8 Å². The zero-order valence-corrected chi connectivity index (χ0v) is 29.2. The number of carbonyl (C=O) groups is 3. The molecule has 0 radical (unpaired) electrons. The van der Waals surface area contributed by atoms with Crippen LogP contribution < -0.4 is 21.5 Å². The Hall–Kier alpha value is -2.22. The molecule has 48 heavy (non-hydrogen) atoms. The van der Waals surface area contributed by atoms with Gasteiger partial charge in [-0.2, -0.15) is 4.31 Å². The lowest BCUT2D eigenvalue weighted by Crippen LogP contribution is -2.56. The predicted molar refractivity (Wildman–Crippen MR) is 169 cm³/mol. The fraction of sp³-hybridized carbons (Fsp3) is 0.800. The van der Waals surface area contributed by atoms with Crippen molar-refractivity contribution in [3.05, 3.63) is 0 Å². The molecule has 0 aliphatic carbocycles. The third-order valence-electron chi connectivity index (χ3n) is 7.35. The fourth-order valence-corrected chi connectivity index (χ4v) is 8.13. The number of carbonyl (C=O) groups excluding carboxylic acids is 3. The number of hydrogen-bond donors (Lipinski definition) is 7. The summed E-state index contributed by atoms with van der Waals surface area (Å²) in [5.41, 5.74) is 5.63. The molecule has 23 heteroatoms. The Morgan fingerprint density at radius 1 is 1.21 bits per heavy atom. The van der Waals surface area contributed by atoms with Crippen LogP contribution in [-0.4, -0.2) is 125 Å². The summed E-state index contributed by atoms with van der Waals surface area (Å²) in [5.74, 6) is -2.38. The van der Waals surface area contributed by atoms with Gasteiger partial charge in [-0.1, -0.05) is 26.7 Å². The first kappa shape index (κ1) is 40.2. The molecule has 3 aliphatic heterocycles. The lowest BCUT2D eigenvalue weighted by Gasteiger charge is -2.32. The molecular formula is C25H44ClN7O13P2. The Labute approximate surface area is 282 Å². The number of esters is 1. The molecule has 2 amide bonds. The van der Waals surface area contributed by atoms with E-state index in [1.165, 1.54) is 18.2 Å². The summed E-state index contributed by atoms with van der Waals surface area (Å²) in [4.78, 5) is 56.2. The van der Waals surface area contributed by atoms with E-state index >= 15 is 0 Å². The molecule has 9 atom stereocenters. The van der Waals surface area contributed by atoms with Gasteiger partial charge in [0.2, 0.25) is 5.91 Å². The van der Waals surface area contributed by atoms with E-state index in [1.54, 1.807) is 0 Å². The van der Waals surface area contributed by atoms with Crippen molar-refractivity contribution in [2.24, 2.45) is 21.6 Å². The number of aliphatic hydroxyl groups excluding tert-OH is 2. The molecule has 20 nitrogen and oxygen atoms in total. The summed E-state index contributed by atoms with van der Waals surface area (Å²) in [6, 6.07) is -2.34. The van der Waals surface area contributed by atoms with Crippen molar-refractivity contribution in [3.8, 4) is 0 Å². The van der Waals surface area contributed by atoms with Crippen LogP contribution in [0, 0.1) is 5.92 Å². The van der Waals surface area contributed by atoms with Gasteiger partial charge in [-0.3, -0.25) is 33.7 Å². The fourth-order valence-electron chi connectivity index (χ4n) is 5.06. The number of hydrogen-bond acceptors (Lipinski definition) is 16. The number of alkyl halides is 1. The number of nitrogens with two attached hydrogens (primary N) is 1. The van der Waals surface area contributed by atoms with Crippen LogP contribution in [0.1, 0.15) is 46.5 Å². The van der Waals surface area contributed by atoms with Crippen LogP contribution in [0.15, 0.2) is 9.98 Å². The summed E-state index contributed by atoms with van der Waals surface area (Å²) in [6.07, 6.45) is -2.42. The van der Waals surface area contributed by atoms with Crippen LogP contribution in [0.2, 0.25) is 0 Å². The van der Waals surface area contributed by atoms with Crippen LogP contribution in [-0.2, 0) is 46.3 Å². The monoisotopic (exact) mass is 747 g/mol. The number of ether oxygens (including phenoxy) is 2. The number of phosphoric ester groups is 1. The number of nitrogens with one attached hydrogen (secondary N) is 3. The smallest absolute Gasteiger partial charge is 0.464 e. The molecule has 3 aliphatic rings. The zero-order valence-electron chi connectivity index (χ0n) is 26.7. The van der Waals surface area contributed by atoms with Gasteiger partial charge in [0.1, 0.15) is 30.2 Å². The third-order valence-corrected chi connectivity index (χ3v) is 11.0. The molecular weight excluding hydrogens is 704 g/mol. The number of phosphoric acid groups is 1. The molecule has 3 rings (SSSR count). The molecule has 0 spiro atoms. The molecule has 8 N–H and O–H groups in total. The molecule has 0 aromatic carbocycles. The molecule has 9 unspecified atom stereocenters. The zero-order chi connectivity index (χ0) is 35.6. The average molecular weight is 748 g/mol. The lowest BCUT2D eigenvalue weighted by molar-refractivity contribution is -0.147. The van der Waals surface area contributed by atoms with Crippen molar-refractivity contribution < 1.29 is 61.5 Å². The SMILES string of the molecule is CCCC(CCC)COC(=O)C(C)NP(=O)(OCCNC(=O)CCl)OP(=O)(O)OCC1OC(N2C=NC3C(=O)NC(N)=NC32)C(O)C1O. The Kier molecular flexibility index (Phi) is 15.2. The maximum Gasteiger partial charge on any atom is 0.480 e. The van der Waals surface area contributed by atoms with Crippen LogP contribution in [0.5, 0.6) is 0 Å². The normalized spacial score (nSPS) is 28.3. The number of aliphatic imine (C=N–C) groups is 2. The molecule has 1 saturated heterocycles. The van der Waals surface area contributed by atoms with Crippen molar-refractivity contribution >= 4 is 57.3 Å². The highest BCUT2D eigenvalue weighted by molar-refractivity contribution is 7.63. The minimum atomic E-state index is -5.32. The maximum absolute atomic E-state index is 13.6. The van der Waals surface area contributed by atoms with Gasteiger partial charge >= 0.3 is 21.5 Å². The Morgan fingerprint density at radius 2 is 1.90 bits per heavy atom. The first-order valence-corrected chi connectivity index (χ1v) is 18.9. The predicted octanol–water partition coefficient (Wildman–Crippen LogP) is -0.733. The van der Waals surface area contributed by atoms with E-state index in [-0.39, 0.29) is 30.9 Å². The second kappa shape index (κ2) is 18.1. The molecule has 0 bridgehead atoms. The molecule has 3 heterocycles. The van der Waals surface area contributed by atoms with Gasteiger partial charge in [0.05, 0.1) is 26.2 Å². The number of halogens is 1. The minimum Gasteiger partial charge on any atom is -0.464 e. The minimum absolute atomic E-state index is 0.110. The lowest BCUT2D eigenvalue weighted by atomic mass is 9.99. The standard InChI is InChI=1S/C25H44ClN7O13P2/c1-4-6-15(7-5-2)11-42-24(38)14(3)32-47(39,43-9-8-28-17(34)10-26)46-48(40,41)44-12-16-19(35)20(36)23(45-16)33-13-29-18-21(33)30-25(27)31-22(18)37/h13-16,18-21,23,35-36H,4-12H2,1-3H3,(H,28,34)(H,32,39)(H,40,41)(H3,27,30,31,37). The van der Waals surface area contributed by atoms with Gasteiger partial charge < -0.3 is 40.5 Å². The van der Waals surface area contributed by atoms with Crippen molar-refractivity contribution in [3.63, 3.8) is 0 Å². The number of nitrogens with zero attached hydrogens (tertiary/aromatic N) is 3. The summed E-state index contributed by atoms with van der Waals surface area (Å²) in [5, 5.41) is 28.2. The van der Waals surface area contributed by atoms with E-state index in [0.29, 0.717) is 0 Å². The number of fused-ring (bicyclic) bond motifs is 1. The highest BCUT2D eigenvalue weighted by Gasteiger charge is 2.52. The van der Waals surface area contributed by atoms with Gasteiger partial charge in [0.15, 0.2) is 24.4 Å². The van der Waals surface area contributed by atoms with E-state index in [9.17, 15) is 38.6 Å². The van der Waals surface area contributed by atoms with Crippen LogP contribution in [0.4, 0.5) is 0 Å². The average Bonchev–Trinajstić information content (AvgIpc) is 3.56. The molecule has 1 fully saturated rings. The van der Waals surface area contributed by atoms with E-state index in [0.717, 1.165) is 25.7 Å². The largest absolute Gasteiger partial charge is 0.480 e. The molecule has 0 saturated carbocycles. The molecule has 0 aromatic rings. The van der Waals surface area contributed by atoms with E-state index in [2.05, 4.69) is 25.7 Å². The maximum atomic E-state index is 13.6. The van der Waals surface area contributed by atoms with E-state index < -0.39 is 89.4 Å². The van der Waals surface area contributed by atoms with Gasteiger partial charge in [0.25, 0.3) is 5.91 Å². The van der Waals surface area contributed by atoms with Crippen LogP contribution in [0.25, 0.3) is 0 Å². The second-order valence-electron chi connectivity index (χ2n) is 11.2. The summed E-state index contributed by atoms with van der Waals surface area (Å²) < 4.78 is 52.6. The Balaban J connectivity index is 1.64. The molecule has 274 valence electrons. The van der Waals surface area contributed by atoms with Gasteiger partial charge in [-0.05, 0) is 25.7 Å². The Bertz CT molecular complexity index is 1290. The first-order valence-electron chi connectivity index (χ1n) is 15.3. The van der Waals surface area contributed by atoms with Crippen molar-refractivity contribution in [1.29, 1.82) is 0 Å². The quantitative estimate of drug-likeness (QED) is 0.0350. The summed E-state index contributed by atoms with van der Waals surface area (Å²) in [7, 11) is -10.2. The second-order valence-corrected chi connectivity index (χ2v) is 14.8. The van der Waals surface area contributed by atoms with Gasteiger partial charge in [-0.25, -0.2) is 19.2 Å². The topological polar surface area (TPSA) is 282 Å². The van der Waals surface area contributed by atoms with E-state index in [4.69, 9.17) is 40.2 Å². The van der Waals surface area contributed by atoms with Crippen molar-refractivity contribution in [1.82, 2.24) is 20.6 Å². The number of rotatable bonds is 20. The van der Waals surface area contributed by atoms with Crippen molar-refractivity contribution in [2.75, 3.05) is 32.2 Å². The highest BCUT2D eigenvalue weighted by atomic mass is 35.5. The number of aliphatic hydroxyl groups is 2. The van der Waals surface area contributed by atoms with Crippen LogP contribution in [0.3, 0.4) is 0 Å².